The van der Waals surface area contributed by atoms with E-state index in [4.69, 9.17) is 0 Å². The van der Waals surface area contributed by atoms with E-state index in [0.29, 0.717) is 12.0 Å². The van der Waals surface area contributed by atoms with Crippen LogP contribution in [0.3, 0.4) is 0 Å². The number of nitrogens with one attached hydrogen (secondary N) is 1. The topological polar surface area (TPSA) is 15.3 Å². The summed E-state index contributed by atoms with van der Waals surface area (Å²) in [5, 5.41) is 5.77. The Labute approximate surface area is 126 Å². The van der Waals surface area contributed by atoms with Crippen LogP contribution in [0.15, 0.2) is 47.8 Å². The second-order valence-electron chi connectivity index (χ2n) is 5.46. The number of rotatable bonds is 7. The minimum atomic E-state index is 0.456. The smallest absolute Gasteiger partial charge is 0.0561 e. The van der Waals surface area contributed by atoms with Crippen LogP contribution in [0.1, 0.15) is 29.3 Å². The third kappa shape index (κ3) is 4.17. The lowest BCUT2D eigenvalue weighted by Crippen LogP contribution is -2.32. The summed E-state index contributed by atoms with van der Waals surface area (Å²) in [6.07, 6.45) is 0. The van der Waals surface area contributed by atoms with Gasteiger partial charge < -0.3 is 10.2 Å². The van der Waals surface area contributed by atoms with Gasteiger partial charge in [-0.05, 0) is 37.0 Å². The molecule has 0 amide bonds. The van der Waals surface area contributed by atoms with Crippen LogP contribution in [0.2, 0.25) is 0 Å². The molecular formula is C17H24N2S. The Morgan fingerprint density at radius 3 is 2.40 bits per heavy atom. The van der Waals surface area contributed by atoms with Gasteiger partial charge in [0.1, 0.15) is 0 Å². The normalized spacial score (nSPS) is 14.4. The Morgan fingerprint density at radius 1 is 1.05 bits per heavy atom. The molecule has 108 valence electrons. The maximum atomic E-state index is 3.62. The van der Waals surface area contributed by atoms with Crippen molar-refractivity contribution in [1.82, 2.24) is 10.2 Å². The molecule has 0 aliphatic heterocycles. The standard InChI is InChI=1S/C17H24N2S/c1-14(15-8-5-4-6-9-15)12-18-13-16(19(2)3)17-10-7-11-20-17/h4-11,14,16,18H,12-13H2,1-3H3. The van der Waals surface area contributed by atoms with Crippen molar-refractivity contribution in [1.29, 1.82) is 0 Å². The average molecular weight is 288 g/mol. The Balaban J connectivity index is 1.85. The van der Waals surface area contributed by atoms with Gasteiger partial charge in [0.05, 0.1) is 6.04 Å². The molecular weight excluding hydrogens is 264 g/mol. The molecule has 2 rings (SSSR count). The third-order valence-corrected chi connectivity index (χ3v) is 4.63. The molecule has 2 atom stereocenters. The number of nitrogens with zero attached hydrogens (tertiary/aromatic N) is 1. The first-order chi connectivity index (χ1) is 9.68. The Hall–Kier alpha value is -1.16. The van der Waals surface area contributed by atoms with Crippen LogP contribution in [0, 0.1) is 0 Å². The van der Waals surface area contributed by atoms with Crippen LogP contribution in [-0.4, -0.2) is 32.1 Å². The highest BCUT2D eigenvalue weighted by atomic mass is 32.1. The van der Waals surface area contributed by atoms with Gasteiger partial charge >= 0.3 is 0 Å². The molecule has 0 bridgehead atoms. The number of likely N-dealkylation sites (N-methyl/N-ethyl adjacent to an activating group) is 1. The second-order valence-corrected chi connectivity index (χ2v) is 6.44. The minimum absolute atomic E-state index is 0.456. The lowest BCUT2D eigenvalue weighted by Gasteiger charge is -2.24. The van der Waals surface area contributed by atoms with E-state index in [2.05, 4.69) is 79.1 Å². The van der Waals surface area contributed by atoms with Crippen molar-refractivity contribution in [3.05, 3.63) is 58.3 Å². The first-order valence-electron chi connectivity index (χ1n) is 7.14. The first-order valence-corrected chi connectivity index (χ1v) is 8.02. The van der Waals surface area contributed by atoms with Gasteiger partial charge in [0, 0.05) is 18.0 Å². The summed E-state index contributed by atoms with van der Waals surface area (Å²) in [4.78, 5) is 3.71. The Kier molecular flexibility index (Phi) is 5.77. The quantitative estimate of drug-likeness (QED) is 0.835. The summed E-state index contributed by atoms with van der Waals surface area (Å²) < 4.78 is 0. The van der Waals surface area contributed by atoms with E-state index in [1.165, 1.54) is 10.4 Å². The molecule has 1 N–H and O–H groups in total. The molecule has 0 saturated heterocycles. The summed E-state index contributed by atoms with van der Waals surface area (Å²) in [6, 6.07) is 15.5. The van der Waals surface area contributed by atoms with E-state index >= 15 is 0 Å². The van der Waals surface area contributed by atoms with Crippen LogP contribution < -0.4 is 5.32 Å². The van der Waals surface area contributed by atoms with Crippen LogP contribution >= 0.6 is 11.3 Å². The summed E-state index contributed by atoms with van der Waals surface area (Å²) in [5.41, 5.74) is 1.40. The Morgan fingerprint density at radius 2 is 1.80 bits per heavy atom. The zero-order chi connectivity index (χ0) is 14.4. The number of hydrogen-bond donors (Lipinski definition) is 1. The third-order valence-electron chi connectivity index (χ3n) is 3.65. The van der Waals surface area contributed by atoms with Gasteiger partial charge in [0.25, 0.3) is 0 Å². The molecule has 3 heteroatoms. The molecule has 2 nitrogen and oxygen atoms in total. The lowest BCUT2D eigenvalue weighted by molar-refractivity contribution is 0.292. The molecule has 2 unspecified atom stereocenters. The highest BCUT2D eigenvalue weighted by Gasteiger charge is 2.15. The van der Waals surface area contributed by atoms with E-state index in [9.17, 15) is 0 Å². The first kappa shape index (κ1) is 15.2. The van der Waals surface area contributed by atoms with Gasteiger partial charge in [-0.3, -0.25) is 0 Å². The second kappa shape index (κ2) is 7.58. The SMILES string of the molecule is CC(CNCC(c1cccs1)N(C)C)c1ccccc1. The van der Waals surface area contributed by atoms with Gasteiger partial charge in [-0.25, -0.2) is 0 Å². The predicted molar refractivity (Wildman–Crippen MR) is 88.5 cm³/mol. The molecule has 0 saturated carbocycles. The van der Waals surface area contributed by atoms with E-state index in [1.54, 1.807) is 0 Å². The lowest BCUT2D eigenvalue weighted by atomic mass is 10.0. The minimum Gasteiger partial charge on any atom is -0.314 e. The van der Waals surface area contributed by atoms with Crippen molar-refractivity contribution in [3.63, 3.8) is 0 Å². The van der Waals surface area contributed by atoms with Crippen molar-refractivity contribution in [2.24, 2.45) is 0 Å². The largest absolute Gasteiger partial charge is 0.314 e. The zero-order valence-corrected chi connectivity index (χ0v) is 13.4. The summed E-state index contributed by atoms with van der Waals surface area (Å²) in [5.74, 6) is 0.544. The monoisotopic (exact) mass is 288 g/mol. The van der Waals surface area contributed by atoms with Crippen molar-refractivity contribution < 1.29 is 0 Å². The van der Waals surface area contributed by atoms with Crippen LogP contribution in [-0.2, 0) is 0 Å². The number of thiophene rings is 1. The van der Waals surface area contributed by atoms with Crippen molar-refractivity contribution >= 4 is 11.3 Å². The molecule has 1 aromatic carbocycles. The molecule has 0 fully saturated rings. The summed E-state index contributed by atoms with van der Waals surface area (Å²) in [7, 11) is 4.29. The van der Waals surface area contributed by atoms with E-state index in [0.717, 1.165) is 13.1 Å². The predicted octanol–water partition coefficient (Wildman–Crippen LogP) is 3.74. The molecule has 20 heavy (non-hydrogen) atoms. The van der Waals surface area contributed by atoms with Gasteiger partial charge in [-0.1, -0.05) is 43.3 Å². The van der Waals surface area contributed by atoms with Gasteiger partial charge in [-0.15, -0.1) is 11.3 Å². The summed E-state index contributed by atoms with van der Waals surface area (Å²) in [6.45, 7) is 4.28. The van der Waals surface area contributed by atoms with Gasteiger partial charge in [-0.2, -0.15) is 0 Å². The highest BCUT2D eigenvalue weighted by molar-refractivity contribution is 7.10. The fourth-order valence-corrected chi connectivity index (χ4v) is 3.28. The molecule has 2 aromatic rings. The maximum Gasteiger partial charge on any atom is 0.0561 e. The molecule has 1 aromatic heterocycles. The molecule has 0 aliphatic carbocycles. The number of benzene rings is 1. The van der Waals surface area contributed by atoms with Crippen molar-refractivity contribution in [2.45, 2.75) is 18.9 Å². The van der Waals surface area contributed by atoms with Crippen molar-refractivity contribution in [2.75, 3.05) is 27.2 Å². The van der Waals surface area contributed by atoms with Crippen LogP contribution in [0.25, 0.3) is 0 Å². The molecule has 1 heterocycles. The maximum absolute atomic E-state index is 3.62. The Bertz CT molecular complexity index is 479. The molecule has 0 aliphatic rings. The van der Waals surface area contributed by atoms with E-state index in [1.807, 2.05) is 11.3 Å². The summed E-state index contributed by atoms with van der Waals surface area (Å²) >= 11 is 1.83. The molecule has 0 radical (unpaired) electrons. The molecule has 0 spiro atoms. The van der Waals surface area contributed by atoms with Crippen LogP contribution in [0.4, 0.5) is 0 Å². The van der Waals surface area contributed by atoms with Crippen molar-refractivity contribution in [3.8, 4) is 0 Å². The van der Waals surface area contributed by atoms with E-state index < -0.39 is 0 Å². The highest BCUT2D eigenvalue weighted by Crippen LogP contribution is 2.22. The van der Waals surface area contributed by atoms with E-state index in [-0.39, 0.29) is 0 Å². The zero-order valence-electron chi connectivity index (χ0n) is 12.5. The fraction of sp³-hybridized carbons (Fsp3) is 0.412. The van der Waals surface area contributed by atoms with Gasteiger partial charge in [0.2, 0.25) is 0 Å². The van der Waals surface area contributed by atoms with Gasteiger partial charge in [0.15, 0.2) is 0 Å². The number of hydrogen-bond acceptors (Lipinski definition) is 3. The average Bonchev–Trinajstić information content (AvgIpc) is 2.97. The van der Waals surface area contributed by atoms with Crippen LogP contribution in [0.5, 0.6) is 0 Å². The fourth-order valence-electron chi connectivity index (χ4n) is 2.35.